The third-order valence-corrected chi connectivity index (χ3v) is 8.40. The normalized spacial score (nSPS) is 18.0. The van der Waals surface area contributed by atoms with Gasteiger partial charge in [-0.3, -0.25) is 0 Å². The van der Waals surface area contributed by atoms with Gasteiger partial charge < -0.3 is 34.6 Å². The van der Waals surface area contributed by atoms with Crippen LogP contribution < -0.4 is 0 Å². The minimum atomic E-state index is -0.741. The molecule has 1 rings (SSSR count). The Hall–Kier alpha value is -1.03. The molecule has 0 saturated heterocycles. The van der Waals surface area contributed by atoms with E-state index in [2.05, 4.69) is 6.92 Å². The van der Waals surface area contributed by atoms with Crippen molar-refractivity contribution in [3.05, 3.63) is 11.6 Å². The second-order valence-corrected chi connectivity index (χ2v) is 12.6. The number of carbonyl (C=O) groups excluding carboxylic acids is 1. The first kappa shape index (κ1) is 40.0. The fraction of sp³-hybridized carbons (Fsp3) is 0.914. The lowest BCUT2D eigenvalue weighted by molar-refractivity contribution is -0.139. The number of unbranched alkanes of at least 4 members (excludes halogenated alkanes) is 16. The number of cyclic esters (lactones) is 1. The van der Waals surface area contributed by atoms with E-state index in [1.165, 1.54) is 70.6 Å². The van der Waals surface area contributed by atoms with E-state index in [4.69, 9.17) is 14.2 Å². The fourth-order valence-electron chi connectivity index (χ4n) is 5.63. The molecule has 8 heteroatoms. The van der Waals surface area contributed by atoms with Gasteiger partial charge in [0.15, 0.2) is 0 Å². The van der Waals surface area contributed by atoms with Crippen molar-refractivity contribution < 1.29 is 39.4 Å². The van der Waals surface area contributed by atoms with Gasteiger partial charge in [-0.2, -0.15) is 0 Å². The predicted octanol–water partition coefficient (Wildman–Crippen LogP) is 6.55. The minimum Gasteiger partial charge on any atom is -0.455 e. The first-order valence-corrected chi connectivity index (χ1v) is 17.6. The fourth-order valence-corrected chi connectivity index (χ4v) is 5.63. The van der Waals surface area contributed by atoms with Crippen molar-refractivity contribution in [3.8, 4) is 0 Å². The number of aliphatic hydroxyl groups is 4. The molecule has 0 aromatic carbocycles. The van der Waals surface area contributed by atoms with E-state index in [0.717, 1.165) is 56.9 Å². The third-order valence-electron chi connectivity index (χ3n) is 8.40. The van der Waals surface area contributed by atoms with Crippen LogP contribution in [0.15, 0.2) is 11.6 Å². The van der Waals surface area contributed by atoms with Crippen LogP contribution in [0.3, 0.4) is 0 Å². The zero-order valence-electron chi connectivity index (χ0n) is 27.6. The van der Waals surface area contributed by atoms with Gasteiger partial charge in [-0.15, -0.1) is 0 Å². The maximum atomic E-state index is 11.6. The maximum absolute atomic E-state index is 11.6. The number of rotatable bonds is 31. The van der Waals surface area contributed by atoms with Crippen LogP contribution in [0.5, 0.6) is 0 Å². The molecular formula is C35H66O8. The van der Waals surface area contributed by atoms with Crippen LogP contribution in [0.2, 0.25) is 0 Å². The molecule has 0 saturated carbocycles. The second kappa shape index (κ2) is 27.3. The summed E-state index contributed by atoms with van der Waals surface area (Å²) in [5.74, 6) is -0.140. The number of aliphatic hydroxyl groups excluding tert-OH is 4. The first-order valence-electron chi connectivity index (χ1n) is 17.6. The van der Waals surface area contributed by atoms with Crippen LogP contribution in [0, 0.1) is 0 Å². The van der Waals surface area contributed by atoms with Crippen molar-refractivity contribution in [2.24, 2.45) is 0 Å². The highest BCUT2D eigenvalue weighted by Gasteiger charge is 2.24. The lowest BCUT2D eigenvalue weighted by atomic mass is 10.0. The number of ether oxygens (including phenoxy) is 3. The average molecular weight is 615 g/mol. The molecule has 0 fully saturated rings. The van der Waals surface area contributed by atoms with Crippen LogP contribution in [0.4, 0.5) is 0 Å². The molecule has 4 N–H and O–H groups in total. The molecule has 0 radical (unpaired) electrons. The predicted molar refractivity (Wildman–Crippen MR) is 172 cm³/mol. The summed E-state index contributed by atoms with van der Waals surface area (Å²) in [5, 5.41) is 40.1. The maximum Gasteiger partial charge on any atom is 0.334 e. The molecule has 254 valence electrons. The van der Waals surface area contributed by atoms with Crippen molar-refractivity contribution in [1.82, 2.24) is 0 Å². The minimum absolute atomic E-state index is 0.0668. The van der Waals surface area contributed by atoms with E-state index in [0.29, 0.717) is 12.8 Å². The highest BCUT2D eigenvalue weighted by Crippen LogP contribution is 2.20. The molecule has 1 aliphatic heterocycles. The van der Waals surface area contributed by atoms with E-state index in [-0.39, 0.29) is 38.5 Å². The van der Waals surface area contributed by atoms with Crippen molar-refractivity contribution in [2.75, 3.05) is 26.4 Å². The van der Waals surface area contributed by atoms with E-state index in [1.54, 1.807) is 0 Å². The van der Waals surface area contributed by atoms with Gasteiger partial charge in [0.1, 0.15) is 18.3 Å². The Bertz CT molecular complexity index is 685. The molecular weight excluding hydrogens is 548 g/mol. The van der Waals surface area contributed by atoms with Gasteiger partial charge in [0.2, 0.25) is 0 Å². The molecule has 0 aliphatic carbocycles. The summed E-state index contributed by atoms with van der Waals surface area (Å²) in [6.07, 6.45) is 22.5. The summed E-state index contributed by atoms with van der Waals surface area (Å²) in [6.45, 7) is 3.66. The van der Waals surface area contributed by atoms with Crippen molar-refractivity contribution in [3.63, 3.8) is 0 Å². The number of hydrogen-bond donors (Lipinski definition) is 4. The summed E-state index contributed by atoms with van der Waals surface area (Å²) in [6, 6.07) is 0. The number of hydrogen-bond acceptors (Lipinski definition) is 8. The van der Waals surface area contributed by atoms with Gasteiger partial charge in [0.25, 0.3) is 0 Å². The highest BCUT2D eigenvalue weighted by atomic mass is 16.6. The molecule has 8 nitrogen and oxygen atoms in total. The molecule has 0 unspecified atom stereocenters. The average Bonchev–Trinajstić information content (AvgIpc) is 3.32. The van der Waals surface area contributed by atoms with Crippen LogP contribution in [-0.2, 0) is 19.0 Å². The summed E-state index contributed by atoms with van der Waals surface area (Å²) in [7, 11) is 0. The van der Waals surface area contributed by atoms with Gasteiger partial charge in [0.05, 0.1) is 38.6 Å². The standard InChI is InChI=1S/C35H66O8/c1-3-4-5-6-7-13-16-19-22-31(38)27-41-33(25-36)34(26-37)42-28-32(39)23-20-17-14-11-9-8-10-12-15-18-21-30-24-29(2)43-35(30)40/h24,29,31-34,36-39H,3-23,25-28H2,1-2H3/t29-,31-,32-,33+,34+/m0/s1. The van der Waals surface area contributed by atoms with Gasteiger partial charge >= 0.3 is 5.97 Å². The van der Waals surface area contributed by atoms with Gasteiger partial charge in [-0.05, 0) is 38.7 Å². The Kier molecular flexibility index (Phi) is 25.4. The van der Waals surface area contributed by atoms with Gasteiger partial charge in [-0.25, -0.2) is 4.79 Å². The zero-order chi connectivity index (χ0) is 31.5. The summed E-state index contributed by atoms with van der Waals surface area (Å²) in [5.41, 5.74) is 0.844. The van der Waals surface area contributed by atoms with Crippen LogP contribution in [0.25, 0.3) is 0 Å². The number of carbonyl (C=O) groups is 1. The molecule has 0 spiro atoms. The molecule has 0 aromatic heterocycles. The summed E-state index contributed by atoms with van der Waals surface area (Å²) in [4.78, 5) is 11.6. The van der Waals surface area contributed by atoms with Crippen molar-refractivity contribution in [2.45, 2.75) is 179 Å². The van der Waals surface area contributed by atoms with Gasteiger partial charge in [0, 0.05) is 5.57 Å². The van der Waals surface area contributed by atoms with Crippen molar-refractivity contribution >= 4 is 5.97 Å². The topological polar surface area (TPSA) is 126 Å². The van der Waals surface area contributed by atoms with Crippen LogP contribution in [-0.4, -0.2) is 83.3 Å². The Morgan fingerprint density at radius 2 is 1.07 bits per heavy atom. The lowest BCUT2D eigenvalue weighted by Gasteiger charge is -2.26. The Morgan fingerprint density at radius 3 is 1.44 bits per heavy atom. The molecule has 0 aromatic rings. The summed E-state index contributed by atoms with van der Waals surface area (Å²) >= 11 is 0. The number of esters is 1. The quantitative estimate of drug-likeness (QED) is 0.0512. The van der Waals surface area contributed by atoms with E-state index < -0.39 is 24.4 Å². The lowest BCUT2D eigenvalue weighted by Crippen LogP contribution is -2.40. The first-order chi connectivity index (χ1) is 20.9. The second-order valence-electron chi connectivity index (χ2n) is 12.6. The third kappa shape index (κ3) is 21.4. The van der Waals surface area contributed by atoms with Gasteiger partial charge in [-0.1, -0.05) is 116 Å². The summed E-state index contributed by atoms with van der Waals surface area (Å²) < 4.78 is 16.5. The monoisotopic (exact) mass is 614 g/mol. The highest BCUT2D eigenvalue weighted by molar-refractivity contribution is 5.90. The van der Waals surface area contributed by atoms with Crippen LogP contribution in [0.1, 0.15) is 149 Å². The molecule has 1 aliphatic rings. The largest absolute Gasteiger partial charge is 0.455 e. The van der Waals surface area contributed by atoms with Crippen LogP contribution >= 0.6 is 0 Å². The molecule has 43 heavy (non-hydrogen) atoms. The Labute approximate surface area is 262 Å². The Morgan fingerprint density at radius 1 is 0.674 bits per heavy atom. The SMILES string of the molecule is CCCCCCCCCC[C@H](O)CO[C@H](CO)[C@@H](CO)OC[C@@H](O)CCCCCCCCCCCCC1=C[C@H](C)OC1=O. The molecule has 0 bridgehead atoms. The van der Waals surface area contributed by atoms with E-state index in [1.807, 2.05) is 13.0 Å². The molecule has 5 atom stereocenters. The molecule has 1 heterocycles. The van der Waals surface area contributed by atoms with E-state index >= 15 is 0 Å². The van der Waals surface area contributed by atoms with E-state index in [9.17, 15) is 25.2 Å². The smallest absolute Gasteiger partial charge is 0.334 e. The zero-order valence-corrected chi connectivity index (χ0v) is 27.6. The molecule has 0 amide bonds. The van der Waals surface area contributed by atoms with Crippen molar-refractivity contribution in [1.29, 1.82) is 0 Å². The Balaban J connectivity index is 1.99.